The van der Waals surface area contributed by atoms with Gasteiger partial charge in [0.2, 0.25) is 0 Å². The van der Waals surface area contributed by atoms with Crippen LogP contribution in [0.25, 0.3) is 0 Å². The molecule has 0 saturated heterocycles. The normalized spacial score (nSPS) is 24.8. The van der Waals surface area contributed by atoms with Gasteiger partial charge in [0.25, 0.3) is 0 Å². The van der Waals surface area contributed by atoms with Gasteiger partial charge in [0.1, 0.15) is 13.2 Å². The molecule has 0 unspecified atom stereocenters. The predicted molar refractivity (Wildman–Crippen MR) is 37.3 cm³/mol. The van der Waals surface area contributed by atoms with Crippen LogP contribution in [0.15, 0.2) is 23.3 Å². The average molecular weight is 138 g/mol. The molecule has 2 heteroatoms. The maximum atomic E-state index is 4.85. The smallest absolute Gasteiger partial charge is 0.104 e. The summed E-state index contributed by atoms with van der Waals surface area (Å²) < 4.78 is 0. The van der Waals surface area contributed by atoms with Crippen molar-refractivity contribution in [3.8, 4) is 0 Å². The summed E-state index contributed by atoms with van der Waals surface area (Å²) in [6, 6.07) is 0. The van der Waals surface area contributed by atoms with Gasteiger partial charge in [0.15, 0.2) is 0 Å². The number of hydrogen-bond donors (Lipinski definition) is 0. The van der Waals surface area contributed by atoms with E-state index in [0.29, 0.717) is 13.2 Å². The first-order chi connectivity index (χ1) is 4.97. The van der Waals surface area contributed by atoms with Crippen molar-refractivity contribution in [2.75, 3.05) is 13.2 Å². The van der Waals surface area contributed by atoms with Crippen LogP contribution in [0.5, 0.6) is 0 Å². The summed E-state index contributed by atoms with van der Waals surface area (Å²) in [5.41, 5.74) is 2.82. The van der Waals surface area contributed by atoms with Gasteiger partial charge in [-0.1, -0.05) is 12.2 Å². The third-order valence-electron chi connectivity index (χ3n) is 1.94. The summed E-state index contributed by atoms with van der Waals surface area (Å²) in [4.78, 5) is 9.69. The molecule has 0 N–H and O–H groups in total. The molecule has 2 nitrogen and oxygen atoms in total. The van der Waals surface area contributed by atoms with E-state index in [-0.39, 0.29) is 0 Å². The van der Waals surface area contributed by atoms with Crippen LogP contribution in [0.1, 0.15) is 12.8 Å². The average Bonchev–Trinajstić information content (AvgIpc) is 2.05. The molecule has 2 aliphatic rings. The van der Waals surface area contributed by atoms with Gasteiger partial charge in [-0.15, -0.1) is 0 Å². The van der Waals surface area contributed by atoms with E-state index >= 15 is 0 Å². The maximum absolute atomic E-state index is 4.85. The SMILES string of the molecule is C1=CCC2=C(C1)COOC2. The molecule has 0 bridgehead atoms. The van der Waals surface area contributed by atoms with Gasteiger partial charge in [0.05, 0.1) is 0 Å². The molecule has 1 aliphatic carbocycles. The first-order valence-corrected chi connectivity index (χ1v) is 3.56. The van der Waals surface area contributed by atoms with Gasteiger partial charge in [0, 0.05) is 0 Å². The third kappa shape index (κ3) is 1.00. The first-order valence-electron chi connectivity index (χ1n) is 3.56. The Labute approximate surface area is 60.1 Å². The molecule has 0 aromatic heterocycles. The van der Waals surface area contributed by atoms with E-state index in [9.17, 15) is 0 Å². The van der Waals surface area contributed by atoms with Gasteiger partial charge in [-0.25, -0.2) is 9.78 Å². The van der Waals surface area contributed by atoms with E-state index < -0.39 is 0 Å². The molecule has 0 saturated carbocycles. The molecule has 0 fully saturated rings. The standard InChI is InChI=1S/C8H10O2/c1-2-4-8-6-10-9-5-7(8)3-1/h1-2H,3-6H2. The van der Waals surface area contributed by atoms with Crippen molar-refractivity contribution in [3.63, 3.8) is 0 Å². The molecule has 10 heavy (non-hydrogen) atoms. The second-order valence-electron chi connectivity index (χ2n) is 2.61. The van der Waals surface area contributed by atoms with Gasteiger partial charge >= 0.3 is 0 Å². The molecule has 0 aromatic carbocycles. The van der Waals surface area contributed by atoms with Crippen LogP contribution in [0, 0.1) is 0 Å². The van der Waals surface area contributed by atoms with Crippen molar-refractivity contribution < 1.29 is 9.78 Å². The molecule has 0 atom stereocenters. The summed E-state index contributed by atoms with van der Waals surface area (Å²) in [5.74, 6) is 0. The highest BCUT2D eigenvalue weighted by molar-refractivity contribution is 5.25. The zero-order valence-electron chi connectivity index (χ0n) is 5.80. The molecule has 0 aromatic rings. The lowest BCUT2D eigenvalue weighted by Crippen LogP contribution is -2.14. The van der Waals surface area contributed by atoms with Crippen molar-refractivity contribution in [3.05, 3.63) is 23.3 Å². The van der Waals surface area contributed by atoms with E-state index in [1.165, 1.54) is 11.1 Å². The van der Waals surface area contributed by atoms with E-state index in [1.54, 1.807) is 0 Å². The molecular weight excluding hydrogens is 128 g/mol. The van der Waals surface area contributed by atoms with Crippen LogP contribution in [0.2, 0.25) is 0 Å². The third-order valence-corrected chi connectivity index (χ3v) is 1.94. The highest BCUT2D eigenvalue weighted by Gasteiger charge is 2.13. The van der Waals surface area contributed by atoms with E-state index in [1.807, 2.05) is 0 Å². The molecule has 2 rings (SSSR count). The van der Waals surface area contributed by atoms with E-state index in [2.05, 4.69) is 12.2 Å². The number of hydrogen-bond acceptors (Lipinski definition) is 2. The second-order valence-corrected chi connectivity index (χ2v) is 2.61. The van der Waals surface area contributed by atoms with Gasteiger partial charge in [-0.3, -0.25) is 0 Å². The van der Waals surface area contributed by atoms with Crippen LogP contribution in [0.3, 0.4) is 0 Å². The van der Waals surface area contributed by atoms with Crippen LogP contribution < -0.4 is 0 Å². The van der Waals surface area contributed by atoms with Gasteiger partial charge in [-0.05, 0) is 24.0 Å². The fourth-order valence-electron chi connectivity index (χ4n) is 1.29. The quantitative estimate of drug-likeness (QED) is 0.374. The zero-order chi connectivity index (χ0) is 6.81. The van der Waals surface area contributed by atoms with Crippen molar-refractivity contribution in [2.45, 2.75) is 12.8 Å². The molecular formula is C8H10O2. The second kappa shape index (κ2) is 2.56. The Bertz CT molecular complexity index is 171. The van der Waals surface area contributed by atoms with Gasteiger partial charge in [-0.2, -0.15) is 0 Å². The van der Waals surface area contributed by atoms with E-state index in [0.717, 1.165) is 12.8 Å². The minimum Gasteiger partial charge on any atom is -0.232 e. The molecule has 1 heterocycles. The Hall–Kier alpha value is -0.600. The van der Waals surface area contributed by atoms with Crippen LogP contribution in [-0.2, 0) is 9.78 Å². The summed E-state index contributed by atoms with van der Waals surface area (Å²) in [6.07, 6.45) is 6.48. The number of allylic oxidation sites excluding steroid dienone is 2. The van der Waals surface area contributed by atoms with Crippen LogP contribution in [-0.4, -0.2) is 13.2 Å². The Balaban J connectivity index is 2.17. The topological polar surface area (TPSA) is 18.5 Å². The summed E-state index contributed by atoms with van der Waals surface area (Å²) in [5, 5.41) is 0. The fourth-order valence-corrected chi connectivity index (χ4v) is 1.29. The molecule has 0 radical (unpaired) electrons. The highest BCUT2D eigenvalue weighted by atomic mass is 17.2. The van der Waals surface area contributed by atoms with E-state index in [4.69, 9.17) is 9.78 Å². The molecule has 0 spiro atoms. The van der Waals surface area contributed by atoms with Crippen LogP contribution >= 0.6 is 0 Å². The summed E-state index contributed by atoms with van der Waals surface area (Å²) >= 11 is 0. The largest absolute Gasteiger partial charge is 0.232 e. The highest BCUT2D eigenvalue weighted by Crippen LogP contribution is 2.22. The van der Waals surface area contributed by atoms with Crippen molar-refractivity contribution in [2.24, 2.45) is 0 Å². The Morgan fingerprint density at radius 2 is 1.40 bits per heavy atom. The lowest BCUT2D eigenvalue weighted by atomic mass is 9.98. The minimum atomic E-state index is 0.666. The Kier molecular flexibility index (Phi) is 1.57. The molecule has 0 amide bonds. The van der Waals surface area contributed by atoms with Gasteiger partial charge < -0.3 is 0 Å². The monoisotopic (exact) mass is 138 g/mol. The summed E-state index contributed by atoms with van der Waals surface area (Å²) in [7, 11) is 0. The zero-order valence-corrected chi connectivity index (χ0v) is 5.80. The minimum absolute atomic E-state index is 0.666. The maximum Gasteiger partial charge on any atom is 0.104 e. The van der Waals surface area contributed by atoms with Crippen LogP contribution in [0.4, 0.5) is 0 Å². The molecule has 1 aliphatic heterocycles. The fraction of sp³-hybridized carbons (Fsp3) is 0.500. The Morgan fingerprint density at radius 1 is 0.900 bits per heavy atom. The van der Waals surface area contributed by atoms with Crippen molar-refractivity contribution in [1.29, 1.82) is 0 Å². The van der Waals surface area contributed by atoms with Crippen molar-refractivity contribution in [1.82, 2.24) is 0 Å². The number of rotatable bonds is 0. The van der Waals surface area contributed by atoms with Crippen molar-refractivity contribution >= 4 is 0 Å². The molecule has 54 valence electrons. The first kappa shape index (κ1) is 6.13. The Morgan fingerprint density at radius 3 is 1.90 bits per heavy atom. The lowest BCUT2D eigenvalue weighted by Gasteiger charge is -2.20. The predicted octanol–water partition coefficient (Wildman–Crippen LogP) is 1.59. The summed E-state index contributed by atoms with van der Waals surface area (Å²) in [6.45, 7) is 1.33. The lowest BCUT2D eigenvalue weighted by molar-refractivity contribution is -0.289.